The van der Waals surface area contributed by atoms with Gasteiger partial charge in [0.1, 0.15) is 5.82 Å². The first-order valence-electron chi connectivity index (χ1n) is 8.28. The molecule has 122 valence electrons. The zero-order valence-corrected chi connectivity index (χ0v) is 13.8. The van der Waals surface area contributed by atoms with Gasteiger partial charge < -0.3 is 14.8 Å². The van der Waals surface area contributed by atoms with Crippen molar-refractivity contribution >= 4 is 11.6 Å². The largest absolute Gasteiger partial charge is 0.379 e. The van der Waals surface area contributed by atoms with Gasteiger partial charge in [-0.1, -0.05) is 25.1 Å². The smallest absolute Gasteiger partial charge is 0.224 e. The maximum atomic E-state index is 12.4. The number of aryl methyl sites for hydroxylation is 1. The Hall–Kier alpha value is -2.30. The molecule has 5 nitrogen and oxygen atoms in total. The van der Waals surface area contributed by atoms with E-state index >= 15 is 0 Å². The summed E-state index contributed by atoms with van der Waals surface area (Å²) in [5, 5.41) is 3.45. The normalized spacial score (nSPS) is 16.0. The molecule has 5 heteroatoms. The van der Waals surface area contributed by atoms with E-state index in [2.05, 4.69) is 40.8 Å². The van der Waals surface area contributed by atoms with Crippen LogP contribution in [0.3, 0.4) is 0 Å². The highest BCUT2D eigenvalue weighted by Gasteiger charge is 2.31. The molecule has 1 N–H and O–H groups in total. The maximum absolute atomic E-state index is 12.4. The molecule has 1 aromatic carbocycles. The van der Waals surface area contributed by atoms with Gasteiger partial charge in [0.05, 0.1) is 6.04 Å². The van der Waals surface area contributed by atoms with Crippen LogP contribution >= 0.6 is 0 Å². The van der Waals surface area contributed by atoms with Gasteiger partial charge in [-0.15, -0.1) is 0 Å². The number of amides is 1. The van der Waals surface area contributed by atoms with Crippen LogP contribution in [0.15, 0.2) is 42.7 Å². The third-order valence-corrected chi connectivity index (χ3v) is 4.39. The molecule has 0 radical (unpaired) electrons. The van der Waals surface area contributed by atoms with Gasteiger partial charge in [-0.05, 0) is 19.1 Å². The van der Waals surface area contributed by atoms with Gasteiger partial charge in [0.15, 0.2) is 0 Å². The molecule has 0 aliphatic carbocycles. The predicted octanol–water partition coefficient (Wildman–Crippen LogP) is 2.72. The lowest BCUT2D eigenvalue weighted by atomic mass is 10.1. The quantitative estimate of drug-likeness (QED) is 0.892. The Balaban J connectivity index is 1.47. The number of hydrogen-bond acceptors (Lipinski definition) is 3. The van der Waals surface area contributed by atoms with Crippen molar-refractivity contribution in [2.24, 2.45) is 0 Å². The number of para-hydroxylation sites is 1. The number of carbonyl (C=O) groups excluding carboxylic acids is 1. The second-order valence-corrected chi connectivity index (χ2v) is 6.16. The van der Waals surface area contributed by atoms with Crippen LogP contribution < -0.4 is 5.32 Å². The molecule has 1 aliphatic rings. The first-order valence-corrected chi connectivity index (χ1v) is 8.28. The summed E-state index contributed by atoms with van der Waals surface area (Å²) in [7, 11) is 0. The fraction of sp³-hybridized carbons (Fsp3) is 0.444. The second-order valence-electron chi connectivity index (χ2n) is 6.16. The Morgan fingerprint density at radius 2 is 2.09 bits per heavy atom. The molecule has 1 aromatic heterocycles. The van der Waals surface area contributed by atoms with Crippen LogP contribution in [-0.4, -0.2) is 39.5 Å². The van der Waals surface area contributed by atoms with Gasteiger partial charge in [-0.3, -0.25) is 4.79 Å². The molecular formula is C18H24N4O. The third kappa shape index (κ3) is 3.55. The number of likely N-dealkylation sites (tertiary alicyclic amines) is 1. The van der Waals surface area contributed by atoms with Gasteiger partial charge in [0, 0.05) is 50.1 Å². The van der Waals surface area contributed by atoms with Crippen molar-refractivity contribution < 1.29 is 4.79 Å². The molecule has 2 aromatic rings. The summed E-state index contributed by atoms with van der Waals surface area (Å²) in [5.41, 5.74) is 1.11. The number of rotatable bonds is 6. The Morgan fingerprint density at radius 3 is 2.78 bits per heavy atom. The average Bonchev–Trinajstić information content (AvgIpc) is 3.00. The number of carbonyl (C=O) groups is 1. The molecule has 1 atom stereocenters. The van der Waals surface area contributed by atoms with Crippen molar-refractivity contribution in [1.82, 2.24) is 14.5 Å². The van der Waals surface area contributed by atoms with Crippen LogP contribution in [0.4, 0.5) is 5.69 Å². The highest BCUT2D eigenvalue weighted by molar-refractivity contribution is 5.77. The number of aromatic nitrogens is 2. The van der Waals surface area contributed by atoms with Crippen LogP contribution in [-0.2, 0) is 11.2 Å². The van der Waals surface area contributed by atoms with Crippen LogP contribution in [0.25, 0.3) is 0 Å². The highest BCUT2D eigenvalue weighted by atomic mass is 16.2. The molecule has 1 aliphatic heterocycles. The number of hydrogen-bond donors (Lipinski definition) is 1. The van der Waals surface area contributed by atoms with Crippen molar-refractivity contribution in [2.75, 3.05) is 18.4 Å². The molecule has 0 spiro atoms. The van der Waals surface area contributed by atoms with E-state index in [-0.39, 0.29) is 11.9 Å². The summed E-state index contributed by atoms with van der Waals surface area (Å²) in [6, 6.07) is 10.7. The minimum atomic E-state index is 0.154. The lowest BCUT2D eigenvalue weighted by Gasteiger charge is -2.40. The molecule has 23 heavy (non-hydrogen) atoms. The van der Waals surface area contributed by atoms with Crippen LogP contribution in [0, 0.1) is 0 Å². The summed E-state index contributed by atoms with van der Waals surface area (Å²) >= 11 is 0. The van der Waals surface area contributed by atoms with Crippen molar-refractivity contribution in [3.63, 3.8) is 0 Å². The Labute approximate surface area is 137 Å². The summed E-state index contributed by atoms with van der Waals surface area (Å²) in [6.07, 6.45) is 5.19. The lowest BCUT2D eigenvalue weighted by Crippen LogP contribution is -2.57. The van der Waals surface area contributed by atoms with Crippen molar-refractivity contribution in [2.45, 2.75) is 38.8 Å². The third-order valence-electron chi connectivity index (χ3n) is 4.39. The predicted molar refractivity (Wildman–Crippen MR) is 91.4 cm³/mol. The average molecular weight is 312 g/mol. The standard InChI is InChI=1S/C18H24N4O/c1-3-17-19-9-10-22(17)14(2)11-18(23)21-12-16(13-21)20-15-7-5-4-6-8-15/h4-10,14,16,20H,3,11-13H2,1-2H3. The van der Waals surface area contributed by atoms with Crippen molar-refractivity contribution in [1.29, 1.82) is 0 Å². The molecule has 0 saturated carbocycles. The van der Waals surface area contributed by atoms with Crippen molar-refractivity contribution in [3.8, 4) is 0 Å². The van der Waals surface area contributed by atoms with E-state index in [9.17, 15) is 4.79 Å². The summed E-state index contributed by atoms with van der Waals surface area (Å²) < 4.78 is 2.11. The number of anilines is 1. The molecule has 0 bridgehead atoms. The van der Waals surface area contributed by atoms with Crippen LogP contribution in [0.2, 0.25) is 0 Å². The van der Waals surface area contributed by atoms with E-state index in [1.807, 2.05) is 35.5 Å². The maximum Gasteiger partial charge on any atom is 0.224 e. The minimum Gasteiger partial charge on any atom is -0.379 e. The Morgan fingerprint density at radius 1 is 1.35 bits per heavy atom. The second kappa shape index (κ2) is 6.86. The number of imidazole rings is 1. The molecule has 1 amide bonds. The Kier molecular flexibility index (Phi) is 4.65. The fourth-order valence-electron chi connectivity index (χ4n) is 3.04. The molecule has 1 saturated heterocycles. The van der Waals surface area contributed by atoms with Crippen LogP contribution in [0.5, 0.6) is 0 Å². The topological polar surface area (TPSA) is 50.2 Å². The monoisotopic (exact) mass is 312 g/mol. The summed E-state index contributed by atoms with van der Waals surface area (Å²) in [6.45, 7) is 5.73. The van der Waals surface area contributed by atoms with E-state index in [0.717, 1.165) is 31.0 Å². The van der Waals surface area contributed by atoms with E-state index in [4.69, 9.17) is 0 Å². The van der Waals surface area contributed by atoms with Gasteiger partial charge in [-0.25, -0.2) is 4.98 Å². The van der Waals surface area contributed by atoms with Crippen molar-refractivity contribution in [3.05, 3.63) is 48.5 Å². The molecule has 3 rings (SSSR count). The molecule has 1 unspecified atom stereocenters. The molecule has 2 heterocycles. The molecular weight excluding hydrogens is 288 g/mol. The van der Waals surface area contributed by atoms with E-state index < -0.39 is 0 Å². The van der Waals surface area contributed by atoms with Gasteiger partial charge in [0.2, 0.25) is 5.91 Å². The van der Waals surface area contributed by atoms with Gasteiger partial charge >= 0.3 is 0 Å². The highest BCUT2D eigenvalue weighted by Crippen LogP contribution is 2.20. The van der Waals surface area contributed by atoms with Crippen LogP contribution in [0.1, 0.15) is 32.1 Å². The van der Waals surface area contributed by atoms with Gasteiger partial charge in [0.25, 0.3) is 0 Å². The van der Waals surface area contributed by atoms with E-state index in [0.29, 0.717) is 12.5 Å². The number of nitrogens with one attached hydrogen (secondary N) is 1. The minimum absolute atomic E-state index is 0.154. The molecule has 1 fully saturated rings. The first-order chi connectivity index (χ1) is 11.2. The van der Waals surface area contributed by atoms with Gasteiger partial charge in [-0.2, -0.15) is 0 Å². The fourth-order valence-corrected chi connectivity index (χ4v) is 3.04. The zero-order valence-electron chi connectivity index (χ0n) is 13.8. The SMILES string of the molecule is CCc1nccn1C(C)CC(=O)N1CC(Nc2ccccc2)C1. The zero-order chi connectivity index (χ0) is 16.2. The first kappa shape index (κ1) is 15.6. The number of benzene rings is 1. The summed E-state index contributed by atoms with van der Waals surface area (Å²) in [4.78, 5) is 18.7. The van der Waals surface area contributed by atoms with E-state index in [1.165, 1.54) is 0 Å². The van der Waals surface area contributed by atoms with E-state index in [1.54, 1.807) is 0 Å². The summed E-state index contributed by atoms with van der Waals surface area (Å²) in [5.74, 6) is 1.26. The number of nitrogens with zero attached hydrogens (tertiary/aromatic N) is 3. The lowest BCUT2D eigenvalue weighted by molar-refractivity contribution is -0.135. The Bertz CT molecular complexity index is 646.